The van der Waals surface area contributed by atoms with Gasteiger partial charge in [0, 0.05) is 30.7 Å². The van der Waals surface area contributed by atoms with Crippen LogP contribution in [0.1, 0.15) is 63.1 Å². The zero-order chi connectivity index (χ0) is 14.9. The molecule has 0 aliphatic heterocycles. The van der Waals surface area contributed by atoms with E-state index in [0.29, 0.717) is 6.42 Å². The molecule has 0 bridgehead atoms. The first-order chi connectivity index (χ1) is 9.45. The lowest BCUT2D eigenvalue weighted by Gasteiger charge is -2.22. The SMILES string of the molecule is CCC(O)=C1C(=O)CC(c2conc2C(C)C)CC1=O. The highest BCUT2D eigenvalue weighted by Crippen LogP contribution is 2.36. The summed E-state index contributed by atoms with van der Waals surface area (Å²) in [6.45, 7) is 5.69. The summed E-state index contributed by atoms with van der Waals surface area (Å²) in [4.78, 5) is 24.2. The second-order valence-electron chi connectivity index (χ2n) is 5.44. The van der Waals surface area contributed by atoms with E-state index in [1.165, 1.54) is 6.26 Å². The predicted molar refractivity (Wildman–Crippen MR) is 72.5 cm³/mol. The Morgan fingerprint density at radius 3 is 2.50 bits per heavy atom. The van der Waals surface area contributed by atoms with Gasteiger partial charge in [-0.2, -0.15) is 0 Å². The van der Waals surface area contributed by atoms with E-state index in [1.54, 1.807) is 6.92 Å². The zero-order valence-electron chi connectivity index (χ0n) is 12.0. The van der Waals surface area contributed by atoms with Gasteiger partial charge in [0.1, 0.15) is 12.0 Å². The van der Waals surface area contributed by atoms with Crippen molar-refractivity contribution < 1.29 is 19.2 Å². The Hall–Kier alpha value is -1.91. The van der Waals surface area contributed by atoms with Crippen LogP contribution in [0.2, 0.25) is 0 Å². The highest BCUT2D eigenvalue weighted by molar-refractivity contribution is 6.22. The van der Waals surface area contributed by atoms with Gasteiger partial charge in [0.05, 0.1) is 11.3 Å². The number of allylic oxidation sites excluding steroid dienone is 2. The fourth-order valence-electron chi connectivity index (χ4n) is 2.60. The molecule has 1 N–H and O–H groups in total. The number of ketones is 2. The van der Waals surface area contributed by atoms with Crippen LogP contribution < -0.4 is 0 Å². The summed E-state index contributed by atoms with van der Waals surface area (Å²) in [7, 11) is 0. The van der Waals surface area contributed by atoms with E-state index in [0.717, 1.165) is 11.3 Å². The smallest absolute Gasteiger partial charge is 0.170 e. The number of aromatic nitrogens is 1. The van der Waals surface area contributed by atoms with Gasteiger partial charge in [-0.05, 0) is 5.92 Å². The highest BCUT2D eigenvalue weighted by Gasteiger charge is 2.35. The van der Waals surface area contributed by atoms with Crippen LogP contribution in [0.5, 0.6) is 0 Å². The minimum absolute atomic E-state index is 0.0219. The molecule has 0 radical (unpaired) electrons. The third kappa shape index (κ3) is 2.53. The van der Waals surface area contributed by atoms with Gasteiger partial charge >= 0.3 is 0 Å². The Labute approximate surface area is 117 Å². The molecule has 0 aromatic carbocycles. The van der Waals surface area contributed by atoms with Crippen molar-refractivity contribution in [1.29, 1.82) is 0 Å². The van der Waals surface area contributed by atoms with E-state index in [1.807, 2.05) is 13.8 Å². The van der Waals surface area contributed by atoms with Crippen molar-refractivity contribution in [2.24, 2.45) is 0 Å². The molecular formula is C15H19NO4. The normalized spacial score (nSPS) is 19.8. The lowest BCUT2D eigenvalue weighted by atomic mass is 9.78. The predicted octanol–water partition coefficient (Wildman–Crippen LogP) is 3.04. The van der Waals surface area contributed by atoms with Crippen LogP contribution in [0.15, 0.2) is 22.1 Å². The van der Waals surface area contributed by atoms with Crippen molar-refractivity contribution >= 4 is 11.6 Å². The van der Waals surface area contributed by atoms with E-state index in [4.69, 9.17) is 4.52 Å². The molecule has 5 heteroatoms. The van der Waals surface area contributed by atoms with Crippen molar-refractivity contribution in [3.63, 3.8) is 0 Å². The van der Waals surface area contributed by atoms with Gasteiger partial charge in [-0.1, -0.05) is 25.9 Å². The van der Waals surface area contributed by atoms with E-state index < -0.39 is 0 Å². The maximum Gasteiger partial charge on any atom is 0.170 e. The number of aliphatic hydroxyl groups is 1. The van der Waals surface area contributed by atoms with Crippen LogP contribution >= 0.6 is 0 Å². The number of carbonyl (C=O) groups is 2. The van der Waals surface area contributed by atoms with Crippen molar-refractivity contribution in [3.8, 4) is 0 Å². The van der Waals surface area contributed by atoms with E-state index in [9.17, 15) is 14.7 Å². The van der Waals surface area contributed by atoms with Crippen LogP contribution in [0.3, 0.4) is 0 Å². The molecule has 1 fully saturated rings. The fraction of sp³-hybridized carbons (Fsp3) is 0.533. The first-order valence-electron chi connectivity index (χ1n) is 6.88. The number of rotatable bonds is 3. The van der Waals surface area contributed by atoms with Crippen molar-refractivity contribution in [2.75, 3.05) is 0 Å². The van der Waals surface area contributed by atoms with Gasteiger partial charge in [-0.25, -0.2) is 0 Å². The molecule has 1 aliphatic rings. The van der Waals surface area contributed by atoms with E-state index in [-0.39, 0.29) is 47.6 Å². The van der Waals surface area contributed by atoms with Gasteiger partial charge in [-0.15, -0.1) is 0 Å². The van der Waals surface area contributed by atoms with Crippen LogP contribution in [0, 0.1) is 0 Å². The van der Waals surface area contributed by atoms with Crippen LogP contribution in [0.4, 0.5) is 0 Å². The molecule has 1 aromatic rings. The molecule has 1 saturated carbocycles. The first kappa shape index (κ1) is 14.5. The molecule has 0 saturated heterocycles. The van der Waals surface area contributed by atoms with E-state index in [2.05, 4.69) is 5.16 Å². The standard InChI is InChI=1S/C15H19NO4/c1-4-11(17)14-12(18)5-9(6-13(14)19)10-7-20-16-15(10)8(2)3/h7-9,17H,4-6H2,1-3H3. The first-order valence-corrected chi connectivity index (χ1v) is 6.88. The van der Waals surface area contributed by atoms with Gasteiger partial charge in [0.25, 0.3) is 0 Å². The second kappa shape index (κ2) is 5.61. The van der Waals surface area contributed by atoms with E-state index >= 15 is 0 Å². The van der Waals surface area contributed by atoms with Gasteiger partial charge in [0.15, 0.2) is 11.6 Å². The summed E-state index contributed by atoms with van der Waals surface area (Å²) in [5.41, 5.74) is 1.60. The summed E-state index contributed by atoms with van der Waals surface area (Å²) in [5, 5.41) is 13.6. The van der Waals surface area contributed by atoms with Crippen LogP contribution in [-0.4, -0.2) is 21.8 Å². The Kier molecular flexibility index (Phi) is 4.06. The number of carbonyl (C=O) groups excluding carboxylic acids is 2. The summed E-state index contributed by atoms with van der Waals surface area (Å²) in [5.74, 6) is -0.710. The zero-order valence-corrected chi connectivity index (χ0v) is 12.0. The largest absolute Gasteiger partial charge is 0.511 e. The molecule has 0 atom stereocenters. The monoisotopic (exact) mass is 277 g/mol. The van der Waals surface area contributed by atoms with Gasteiger partial charge < -0.3 is 9.63 Å². The fourth-order valence-corrected chi connectivity index (χ4v) is 2.60. The van der Waals surface area contributed by atoms with Crippen molar-refractivity contribution in [1.82, 2.24) is 5.16 Å². The maximum atomic E-state index is 12.1. The number of nitrogens with zero attached hydrogens (tertiary/aromatic N) is 1. The average Bonchev–Trinajstić information content (AvgIpc) is 2.86. The maximum absolute atomic E-state index is 12.1. The summed E-state index contributed by atoms with van der Waals surface area (Å²) in [6, 6.07) is 0. The Balaban J connectivity index is 2.30. The Bertz CT molecular complexity index is 548. The number of hydrogen-bond acceptors (Lipinski definition) is 5. The van der Waals surface area contributed by atoms with Crippen molar-refractivity contribution in [2.45, 2.75) is 51.9 Å². The van der Waals surface area contributed by atoms with Gasteiger partial charge in [0.2, 0.25) is 0 Å². The molecule has 2 rings (SSSR count). The summed E-state index contributed by atoms with van der Waals surface area (Å²) < 4.78 is 4.99. The third-order valence-corrected chi connectivity index (χ3v) is 3.66. The molecule has 0 unspecified atom stereocenters. The van der Waals surface area contributed by atoms with Crippen LogP contribution in [-0.2, 0) is 9.59 Å². The minimum atomic E-state index is -0.290. The summed E-state index contributed by atoms with van der Waals surface area (Å²) >= 11 is 0. The lowest BCUT2D eigenvalue weighted by molar-refractivity contribution is -0.124. The Morgan fingerprint density at radius 1 is 1.40 bits per heavy atom. The number of aliphatic hydroxyl groups excluding tert-OH is 1. The second-order valence-corrected chi connectivity index (χ2v) is 5.44. The van der Waals surface area contributed by atoms with Crippen LogP contribution in [0.25, 0.3) is 0 Å². The lowest BCUT2D eigenvalue weighted by Crippen LogP contribution is -2.26. The molecular weight excluding hydrogens is 258 g/mol. The number of hydrogen-bond donors (Lipinski definition) is 1. The highest BCUT2D eigenvalue weighted by atomic mass is 16.5. The molecule has 0 spiro atoms. The topological polar surface area (TPSA) is 80.4 Å². The molecule has 5 nitrogen and oxygen atoms in total. The molecule has 1 aliphatic carbocycles. The van der Waals surface area contributed by atoms with Gasteiger partial charge in [-0.3, -0.25) is 9.59 Å². The molecule has 1 aromatic heterocycles. The minimum Gasteiger partial charge on any atom is -0.511 e. The number of Topliss-reactive ketones (excluding diaryl/α,β-unsaturated/α-hetero) is 2. The molecule has 20 heavy (non-hydrogen) atoms. The molecule has 108 valence electrons. The summed E-state index contributed by atoms with van der Waals surface area (Å²) in [6.07, 6.45) is 2.25. The quantitative estimate of drug-likeness (QED) is 0.522. The van der Waals surface area contributed by atoms with Crippen molar-refractivity contribution in [3.05, 3.63) is 28.9 Å². The average molecular weight is 277 g/mol. The molecule has 1 heterocycles. The Morgan fingerprint density at radius 2 is 2.00 bits per heavy atom. The third-order valence-electron chi connectivity index (χ3n) is 3.66. The molecule has 0 amide bonds.